The van der Waals surface area contributed by atoms with E-state index in [4.69, 9.17) is 0 Å². The molecule has 1 aliphatic rings. The molecule has 1 atom stereocenters. The van der Waals surface area contributed by atoms with Gasteiger partial charge in [0.05, 0.1) is 11.4 Å². The topological polar surface area (TPSA) is 105 Å². The second-order valence-corrected chi connectivity index (χ2v) is 5.63. The average Bonchev–Trinajstić information content (AvgIpc) is 2.65. The van der Waals surface area contributed by atoms with Crippen LogP contribution in [0.1, 0.15) is 5.56 Å². The van der Waals surface area contributed by atoms with Gasteiger partial charge in [-0.05, 0) is 30.3 Å². The summed E-state index contributed by atoms with van der Waals surface area (Å²) >= 11 is 0. The van der Waals surface area contributed by atoms with Gasteiger partial charge in [-0.3, -0.25) is 4.99 Å². The molecule has 132 valence electrons. The minimum Gasteiger partial charge on any atom is -0.509 e. The highest BCUT2D eigenvalue weighted by atomic mass is 16.3. The summed E-state index contributed by atoms with van der Waals surface area (Å²) in [7, 11) is 0. The summed E-state index contributed by atoms with van der Waals surface area (Å²) in [5.74, 6) is -0.566. The Balaban J connectivity index is 1.83. The van der Waals surface area contributed by atoms with Gasteiger partial charge in [-0.15, -0.1) is 0 Å². The summed E-state index contributed by atoms with van der Waals surface area (Å²) < 4.78 is 0. The number of aliphatic hydroxyl groups excluding tert-OH is 2. The maximum absolute atomic E-state index is 9.93. The van der Waals surface area contributed by atoms with Gasteiger partial charge in [0.25, 0.3) is 0 Å². The predicted molar refractivity (Wildman–Crippen MR) is 101 cm³/mol. The highest BCUT2D eigenvalue weighted by molar-refractivity contribution is 5.88. The van der Waals surface area contributed by atoms with Gasteiger partial charge in [0.15, 0.2) is 11.5 Å². The Kier molecular flexibility index (Phi) is 5.05. The molecule has 1 unspecified atom stereocenters. The fraction of sp³-hybridized carbons (Fsp3) is 0.0500. The third-order valence-corrected chi connectivity index (χ3v) is 3.84. The number of nitrogens with zero attached hydrogens (tertiary/aromatic N) is 1. The Labute approximate surface area is 150 Å². The van der Waals surface area contributed by atoms with Crippen molar-refractivity contribution in [1.82, 2.24) is 0 Å². The lowest BCUT2D eigenvalue weighted by Crippen LogP contribution is -2.15. The third-order valence-electron chi connectivity index (χ3n) is 3.84. The highest BCUT2D eigenvalue weighted by Gasteiger charge is 2.15. The van der Waals surface area contributed by atoms with Crippen LogP contribution in [0.15, 0.2) is 83.2 Å². The molecule has 0 saturated heterocycles. The van der Waals surface area contributed by atoms with E-state index in [-0.39, 0.29) is 17.3 Å². The lowest BCUT2D eigenvalue weighted by molar-refractivity contribution is 0.184. The Morgan fingerprint density at radius 1 is 1.00 bits per heavy atom. The zero-order valence-electron chi connectivity index (χ0n) is 13.7. The van der Waals surface area contributed by atoms with E-state index in [1.54, 1.807) is 42.6 Å². The van der Waals surface area contributed by atoms with Gasteiger partial charge < -0.3 is 25.7 Å². The van der Waals surface area contributed by atoms with E-state index >= 15 is 0 Å². The number of hydrogen-bond donors (Lipinski definition) is 5. The Hall–Kier alpha value is -3.51. The zero-order valence-corrected chi connectivity index (χ0v) is 13.7. The number of hydrogen-bond acceptors (Lipinski definition) is 6. The fourth-order valence-corrected chi connectivity index (χ4v) is 2.40. The Morgan fingerprint density at radius 2 is 1.81 bits per heavy atom. The van der Waals surface area contributed by atoms with Crippen LogP contribution in [0.25, 0.3) is 0 Å². The number of para-hydroxylation sites is 3. The lowest BCUT2D eigenvalue weighted by Gasteiger charge is -2.15. The van der Waals surface area contributed by atoms with Crippen LogP contribution in [0, 0.1) is 0 Å². The number of anilines is 1. The van der Waals surface area contributed by atoms with Crippen molar-refractivity contribution in [1.29, 1.82) is 0 Å². The van der Waals surface area contributed by atoms with Gasteiger partial charge in [0.1, 0.15) is 11.9 Å². The largest absolute Gasteiger partial charge is 0.509 e. The zero-order chi connectivity index (χ0) is 18.5. The fourth-order valence-electron chi connectivity index (χ4n) is 2.40. The maximum atomic E-state index is 9.93. The van der Waals surface area contributed by atoms with Crippen molar-refractivity contribution in [3.05, 3.63) is 83.8 Å². The van der Waals surface area contributed by atoms with Gasteiger partial charge in [-0.1, -0.05) is 30.4 Å². The van der Waals surface area contributed by atoms with Crippen molar-refractivity contribution >= 4 is 17.6 Å². The van der Waals surface area contributed by atoms with E-state index < -0.39 is 6.10 Å². The molecule has 3 rings (SSSR count). The molecule has 0 amide bonds. The molecule has 2 aromatic rings. The van der Waals surface area contributed by atoms with E-state index in [1.165, 1.54) is 18.4 Å². The molecular formula is C20H18N2O4. The van der Waals surface area contributed by atoms with E-state index in [0.717, 1.165) is 0 Å². The molecule has 6 heteroatoms. The monoisotopic (exact) mass is 350 g/mol. The van der Waals surface area contributed by atoms with Gasteiger partial charge in [0, 0.05) is 23.6 Å². The third kappa shape index (κ3) is 3.76. The van der Waals surface area contributed by atoms with E-state index in [0.29, 0.717) is 22.5 Å². The molecule has 0 spiro atoms. The molecule has 0 fully saturated rings. The van der Waals surface area contributed by atoms with E-state index in [9.17, 15) is 20.4 Å². The minimum atomic E-state index is -1.08. The number of phenols is 2. The number of phenolic OH excluding ortho intramolecular Hbond substituents is 2. The summed E-state index contributed by atoms with van der Waals surface area (Å²) in [4.78, 5) is 4.35. The number of aliphatic hydroxyl groups is 2. The first-order valence-electron chi connectivity index (χ1n) is 7.92. The molecule has 0 bridgehead atoms. The molecular weight excluding hydrogens is 332 g/mol. The molecule has 26 heavy (non-hydrogen) atoms. The standard InChI is InChI=1S/C20H18N2O4/c23-17-9-3-5-13(19(17)25)11-21-15-7-1-2-8-16(15)22-12-14-6-4-10-18(24)20(14)26/h1-12,19,21,23-26H/b13-11-,22-12?. The normalized spacial score (nSPS) is 18.3. The van der Waals surface area contributed by atoms with Crippen LogP contribution in [-0.2, 0) is 0 Å². The second-order valence-electron chi connectivity index (χ2n) is 5.63. The summed E-state index contributed by atoms with van der Waals surface area (Å²) in [5.41, 5.74) is 2.17. The highest BCUT2D eigenvalue weighted by Crippen LogP contribution is 2.29. The van der Waals surface area contributed by atoms with Crippen LogP contribution in [0.2, 0.25) is 0 Å². The quantitative estimate of drug-likeness (QED) is 0.429. The molecule has 5 N–H and O–H groups in total. The number of aromatic hydroxyl groups is 2. The number of rotatable bonds is 4. The Morgan fingerprint density at radius 3 is 2.65 bits per heavy atom. The lowest BCUT2D eigenvalue weighted by atomic mass is 10.0. The van der Waals surface area contributed by atoms with E-state index in [2.05, 4.69) is 10.3 Å². The first kappa shape index (κ1) is 17.3. The first-order chi connectivity index (χ1) is 12.6. The van der Waals surface area contributed by atoms with Crippen molar-refractivity contribution < 1.29 is 20.4 Å². The number of nitrogens with one attached hydrogen (secondary N) is 1. The average molecular weight is 350 g/mol. The van der Waals surface area contributed by atoms with Crippen LogP contribution in [0.5, 0.6) is 11.5 Å². The van der Waals surface area contributed by atoms with Crippen molar-refractivity contribution in [3.63, 3.8) is 0 Å². The molecule has 0 saturated carbocycles. The van der Waals surface area contributed by atoms with Crippen LogP contribution in [0.3, 0.4) is 0 Å². The molecule has 6 nitrogen and oxygen atoms in total. The van der Waals surface area contributed by atoms with E-state index in [1.807, 2.05) is 12.1 Å². The minimum absolute atomic E-state index is 0.119. The van der Waals surface area contributed by atoms with Gasteiger partial charge in [-0.2, -0.15) is 0 Å². The number of benzene rings is 2. The van der Waals surface area contributed by atoms with Gasteiger partial charge in [-0.25, -0.2) is 0 Å². The van der Waals surface area contributed by atoms with Crippen LogP contribution < -0.4 is 5.32 Å². The van der Waals surface area contributed by atoms with Crippen LogP contribution in [0.4, 0.5) is 11.4 Å². The molecule has 2 aromatic carbocycles. The van der Waals surface area contributed by atoms with Crippen LogP contribution >= 0.6 is 0 Å². The van der Waals surface area contributed by atoms with Crippen molar-refractivity contribution in [2.45, 2.75) is 6.10 Å². The maximum Gasteiger partial charge on any atom is 0.166 e. The molecule has 0 radical (unpaired) electrons. The molecule has 1 aliphatic carbocycles. The van der Waals surface area contributed by atoms with Gasteiger partial charge >= 0.3 is 0 Å². The molecule has 0 heterocycles. The summed E-state index contributed by atoms with van der Waals surface area (Å²) in [5, 5.41) is 42.0. The molecule has 0 aliphatic heterocycles. The summed E-state index contributed by atoms with van der Waals surface area (Å²) in [6.45, 7) is 0. The van der Waals surface area contributed by atoms with Crippen molar-refractivity contribution in [3.8, 4) is 11.5 Å². The number of allylic oxidation sites excluding steroid dienone is 2. The van der Waals surface area contributed by atoms with Crippen molar-refractivity contribution in [2.24, 2.45) is 4.99 Å². The summed E-state index contributed by atoms with van der Waals surface area (Å²) in [6.07, 6.45) is 6.73. The Bertz CT molecular complexity index is 929. The smallest absolute Gasteiger partial charge is 0.166 e. The van der Waals surface area contributed by atoms with Crippen LogP contribution in [-0.4, -0.2) is 32.7 Å². The SMILES string of the molecule is OC1=CC=C/C(=C/Nc2ccccc2N=Cc2cccc(O)c2O)C1O. The van der Waals surface area contributed by atoms with Crippen molar-refractivity contribution in [2.75, 3.05) is 5.32 Å². The first-order valence-corrected chi connectivity index (χ1v) is 7.92. The predicted octanol–water partition coefficient (Wildman–Crippen LogP) is 3.52. The molecule has 0 aromatic heterocycles. The van der Waals surface area contributed by atoms with Gasteiger partial charge in [0.2, 0.25) is 0 Å². The second kappa shape index (κ2) is 7.58. The summed E-state index contributed by atoms with van der Waals surface area (Å²) in [6, 6.07) is 11.9. The number of aliphatic imine (C=N–C) groups is 1.